The zero-order chi connectivity index (χ0) is 13.7. The summed E-state index contributed by atoms with van der Waals surface area (Å²) in [6.45, 7) is 1.49. The van der Waals surface area contributed by atoms with Crippen molar-refractivity contribution in [2.75, 3.05) is 18.0 Å². The van der Waals surface area contributed by atoms with Crippen molar-refractivity contribution >= 4 is 16.0 Å². The van der Waals surface area contributed by atoms with Gasteiger partial charge in [0.25, 0.3) is 0 Å². The second kappa shape index (κ2) is 4.39. The molecule has 1 saturated carbocycles. The van der Waals surface area contributed by atoms with Gasteiger partial charge >= 0.3 is 0 Å². The van der Waals surface area contributed by atoms with Gasteiger partial charge in [-0.25, -0.2) is 18.4 Å². The fourth-order valence-electron chi connectivity index (χ4n) is 3.51. The first-order chi connectivity index (χ1) is 9.68. The molecule has 6 nitrogen and oxygen atoms in total. The molecule has 4 rings (SSSR count). The lowest BCUT2D eigenvalue weighted by Crippen LogP contribution is -2.41. The molecule has 3 fully saturated rings. The van der Waals surface area contributed by atoms with Crippen LogP contribution in [0.1, 0.15) is 25.7 Å². The molecule has 20 heavy (non-hydrogen) atoms. The minimum Gasteiger partial charge on any atom is -0.336 e. The van der Waals surface area contributed by atoms with Gasteiger partial charge in [0, 0.05) is 37.6 Å². The van der Waals surface area contributed by atoms with Crippen LogP contribution in [0.15, 0.2) is 18.5 Å². The number of fused-ring (bicyclic) bond motifs is 1. The van der Waals surface area contributed by atoms with E-state index in [1.54, 1.807) is 22.8 Å². The van der Waals surface area contributed by atoms with Crippen LogP contribution < -0.4 is 4.90 Å². The molecule has 1 aliphatic carbocycles. The zero-order valence-electron chi connectivity index (χ0n) is 11.2. The van der Waals surface area contributed by atoms with E-state index in [0.29, 0.717) is 6.54 Å². The summed E-state index contributed by atoms with van der Waals surface area (Å²) in [5.74, 6) is 0.727. The molecule has 0 spiro atoms. The highest BCUT2D eigenvalue weighted by Gasteiger charge is 2.51. The Morgan fingerprint density at radius 2 is 1.70 bits per heavy atom. The van der Waals surface area contributed by atoms with Crippen molar-refractivity contribution < 1.29 is 8.42 Å². The van der Waals surface area contributed by atoms with Gasteiger partial charge in [0.1, 0.15) is 0 Å². The fraction of sp³-hybridized carbons (Fsp3) is 0.692. The van der Waals surface area contributed by atoms with Crippen LogP contribution in [0.2, 0.25) is 0 Å². The van der Waals surface area contributed by atoms with Crippen molar-refractivity contribution in [3.05, 3.63) is 18.5 Å². The number of hydrogen-bond donors (Lipinski definition) is 0. The van der Waals surface area contributed by atoms with Crippen molar-refractivity contribution in [2.45, 2.75) is 43.0 Å². The van der Waals surface area contributed by atoms with E-state index in [9.17, 15) is 8.42 Å². The van der Waals surface area contributed by atoms with Gasteiger partial charge in [-0.2, -0.15) is 4.31 Å². The molecule has 3 aliphatic rings. The van der Waals surface area contributed by atoms with Crippen molar-refractivity contribution in [1.82, 2.24) is 14.3 Å². The van der Waals surface area contributed by atoms with Crippen LogP contribution in [-0.2, 0) is 10.0 Å². The maximum absolute atomic E-state index is 12.5. The Hall–Kier alpha value is -1.21. The Morgan fingerprint density at radius 3 is 2.40 bits per heavy atom. The first-order valence-corrected chi connectivity index (χ1v) is 8.72. The van der Waals surface area contributed by atoms with Crippen LogP contribution in [0.3, 0.4) is 0 Å². The Labute approximate surface area is 118 Å². The molecule has 1 aromatic rings. The fourth-order valence-corrected chi connectivity index (χ4v) is 5.61. The van der Waals surface area contributed by atoms with E-state index < -0.39 is 10.0 Å². The smallest absolute Gasteiger partial charge is 0.225 e. The highest BCUT2D eigenvalue weighted by atomic mass is 32.2. The predicted molar refractivity (Wildman–Crippen MR) is 74.8 cm³/mol. The zero-order valence-corrected chi connectivity index (χ0v) is 12.0. The summed E-state index contributed by atoms with van der Waals surface area (Å²) >= 11 is 0. The van der Waals surface area contributed by atoms with E-state index in [1.165, 1.54) is 0 Å². The summed E-state index contributed by atoms with van der Waals surface area (Å²) in [4.78, 5) is 10.8. The van der Waals surface area contributed by atoms with Gasteiger partial charge in [0.15, 0.2) is 0 Å². The quantitative estimate of drug-likeness (QED) is 0.817. The van der Waals surface area contributed by atoms with Crippen LogP contribution in [0, 0.1) is 0 Å². The highest BCUT2D eigenvalue weighted by molar-refractivity contribution is 7.90. The van der Waals surface area contributed by atoms with Crippen LogP contribution in [0.5, 0.6) is 0 Å². The summed E-state index contributed by atoms with van der Waals surface area (Å²) in [6.07, 6.45) is 6.92. The highest BCUT2D eigenvalue weighted by Crippen LogP contribution is 2.40. The lowest BCUT2D eigenvalue weighted by molar-refractivity contribution is 0.387. The summed E-state index contributed by atoms with van der Waals surface area (Å²) in [5, 5.41) is -0.108. The molecular formula is C13H18N4O2S. The van der Waals surface area contributed by atoms with Crippen molar-refractivity contribution in [2.24, 2.45) is 0 Å². The normalized spacial score (nSPS) is 30.7. The molecule has 0 amide bonds. The number of nitrogens with zero attached hydrogens (tertiary/aromatic N) is 4. The van der Waals surface area contributed by atoms with E-state index in [1.807, 2.05) is 0 Å². The van der Waals surface area contributed by atoms with Gasteiger partial charge in [-0.15, -0.1) is 0 Å². The summed E-state index contributed by atoms with van der Waals surface area (Å²) in [6, 6.07) is 2.16. The molecule has 3 heterocycles. The topological polar surface area (TPSA) is 66.4 Å². The molecule has 7 heteroatoms. The summed E-state index contributed by atoms with van der Waals surface area (Å²) < 4.78 is 26.7. The van der Waals surface area contributed by atoms with E-state index in [2.05, 4.69) is 14.9 Å². The van der Waals surface area contributed by atoms with E-state index in [4.69, 9.17) is 0 Å². The Bertz CT molecular complexity index is 602. The van der Waals surface area contributed by atoms with Crippen LogP contribution in [-0.4, -0.2) is 53.1 Å². The van der Waals surface area contributed by atoms with Crippen molar-refractivity contribution in [3.63, 3.8) is 0 Å². The van der Waals surface area contributed by atoms with Crippen molar-refractivity contribution in [1.29, 1.82) is 0 Å². The van der Waals surface area contributed by atoms with Gasteiger partial charge < -0.3 is 4.90 Å². The average Bonchev–Trinajstić information content (AvgIpc) is 3.11. The molecule has 0 bridgehead atoms. The molecular weight excluding hydrogens is 276 g/mol. The monoisotopic (exact) mass is 294 g/mol. The Kier molecular flexibility index (Phi) is 2.75. The molecule has 0 aromatic carbocycles. The third kappa shape index (κ3) is 1.83. The van der Waals surface area contributed by atoms with Crippen LogP contribution >= 0.6 is 0 Å². The number of sulfonamides is 1. The first-order valence-electron chi connectivity index (χ1n) is 7.22. The lowest BCUT2D eigenvalue weighted by atomic mass is 10.1. The van der Waals surface area contributed by atoms with Crippen LogP contribution in [0.4, 0.5) is 5.95 Å². The van der Waals surface area contributed by atoms with E-state index in [-0.39, 0.29) is 17.3 Å². The van der Waals surface area contributed by atoms with Gasteiger partial charge in [0.2, 0.25) is 16.0 Å². The molecule has 2 saturated heterocycles. The third-order valence-electron chi connectivity index (χ3n) is 4.61. The molecule has 2 aliphatic heterocycles. The maximum atomic E-state index is 12.5. The molecule has 108 valence electrons. The maximum Gasteiger partial charge on any atom is 0.225 e. The predicted octanol–water partition coefficient (Wildman–Crippen LogP) is 0.622. The van der Waals surface area contributed by atoms with Gasteiger partial charge in [-0.05, 0) is 31.7 Å². The number of hydrogen-bond acceptors (Lipinski definition) is 5. The molecule has 2 atom stereocenters. The van der Waals surface area contributed by atoms with Crippen LogP contribution in [0.25, 0.3) is 0 Å². The number of rotatable bonds is 3. The van der Waals surface area contributed by atoms with Gasteiger partial charge in [-0.1, -0.05) is 0 Å². The summed E-state index contributed by atoms with van der Waals surface area (Å²) in [5.41, 5.74) is 0. The lowest BCUT2D eigenvalue weighted by Gasteiger charge is -2.25. The summed E-state index contributed by atoms with van der Waals surface area (Å²) in [7, 11) is -3.06. The van der Waals surface area contributed by atoms with Gasteiger partial charge in [0.05, 0.1) is 5.25 Å². The first kappa shape index (κ1) is 12.5. The third-order valence-corrected chi connectivity index (χ3v) is 7.03. The second-order valence-corrected chi connectivity index (χ2v) is 7.97. The largest absolute Gasteiger partial charge is 0.336 e. The second-order valence-electron chi connectivity index (χ2n) is 5.81. The minimum absolute atomic E-state index is 0.108. The molecule has 0 N–H and O–H groups in total. The van der Waals surface area contributed by atoms with Crippen molar-refractivity contribution in [3.8, 4) is 0 Å². The Morgan fingerprint density at radius 1 is 1.00 bits per heavy atom. The average molecular weight is 294 g/mol. The van der Waals surface area contributed by atoms with E-state index >= 15 is 0 Å². The molecule has 0 unspecified atom stereocenters. The SMILES string of the molecule is O=S(=O)(C1CC1)N1CC[C@H]2[C@H]1CCN2c1ncccn1. The Balaban J connectivity index is 1.58. The van der Waals surface area contributed by atoms with Gasteiger partial charge in [-0.3, -0.25) is 0 Å². The number of anilines is 1. The van der Waals surface area contributed by atoms with E-state index in [0.717, 1.165) is 38.2 Å². The molecule has 0 radical (unpaired) electrons. The number of aromatic nitrogens is 2. The minimum atomic E-state index is -3.06. The standard InChI is InChI=1S/C13H18N4O2S/c18-20(19,10-2-3-10)17-9-5-11-12(17)4-8-16(11)13-14-6-1-7-15-13/h1,6-7,10-12H,2-5,8-9H2/t11-,12+/m0/s1. The molecule has 1 aromatic heterocycles.